The van der Waals surface area contributed by atoms with Crippen LogP contribution in [0.4, 0.5) is 0 Å². The van der Waals surface area contributed by atoms with Gasteiger partial charge in [0.2, 0.25) is 0 Å². The minimum absolute atomic E-state index is 0. The first-order valence-corrected chi connectivity index (χ1v) is 4.89. The number of carbonyl (C=O) groups excluding carboxylic acids is 1. The molecule has 0 aliphatic heterocycles. The predicted molar refractivity (Wildman–Crippen MR) is 49.7 cm³/mol. The van der Waals surface area contributed by atoms with Crippen LogP contribution >= 0.6 is 0 Å². The molecule has 7 heteroatoms. The number of hydrogen-bond acceptors (Lipinski definition) is 5. The molecule has 0 saturated heterocycles. The molecule has 0 heterocycles. The van der Waals surface area contributed by atoms with Crippen LogP contribution in [0.25, 0.3) is 0 Å². The van der Waals surface area contributed by atoms with Gasteiger partial charge in [0, 0.05) is 4.90 Å². The maximum atomic E-state index is 11.2. The summed E-state index contributed by atoms with van der Waals surface area (Å²) in [6.07, 6.45) is 0. The minimum atomic E-state index is -2.53. The zero-order chi connectivity index (χ0) is 11.4. The van der Waals surface area contributed by atoms with Crippen LogP contribution in [-0.2, 0) is 15.8 Å². The summed E-state index contributed by atoms with van der Waals surface area (Å²) >= 11 is -2.53. The van der Waals surface area contributed by atoms with Crippen LogP contribution in [0.15, 0.2) is 23.1 Å². The first kappa shape index (κ1) is 15.3. The van der Waals surface area contributed by atoms with E-state index in [0.29, 0.717) is 0 Å². The monoisotopic (exact) mass is 247 g/mol. The largest absolute Gasteiger partial charge is 1.00 e. The normalized spacial score (nSPS) is 10.8. The van der Waals surface area contributed by atoms with E-state index in [1.807, 2.05) is 0 Å². The summed E-state index contributed by atoms with van der Waals surface area (Å²) in [4.78, 5) is 11.0. The molecule has 0 N–H and O–H groups in total. The van der Waals surface area contributed by atoms with E-state index in [1.165, 1.54) is 18.2 Å². The summed E-state index contributed by atoms with van der Waals surface area (Å²) in [7, 11) is 1.14. The Morgan fingerprint density at radius 3 is 2.62 bits per heavy atom. The number of ether oxygens (including phenoxy) is 1. The van der Waals surface area contributed by atoms with Gasteiger partial charge >= 0.3 is 35.5 Å². The van der Waals surface area contributed by atoms with Crippen molar-refractivity contribution in [3.05, 3.63) is 29.3 Å². The van der Waals surface area contributed by atoms with Crippen molar-refractivity contribution in [3.8, 4) is 6.07 Å². The minimum Gasteiger partial charge on any atom is -0.768 e. The van der Waals surface area contributed by atoms with Crippen molar-refractivity contribution in [2.75, 3.05) is 7.11 Å². The van der Waals surface area contributed by atoms with Crippen LogP contribution in [0.2, 0.25) is 0 Å². The fraction of sp³-hybridized carbons (Fsp3) is 0.111. The van der Waals surface area contributed by atoms with Crippen molar-refractivity contribution in [3.63, 3.8) is 0 Å². The van der Waals surface area contributed by atoms with Crippen LogP contribution in [-0.4, -0.2) is 21.8 Å². The molecule has 78 valence electrons. The predicted octanol–water partition coefficient (Wildman–Crippen LogP) is -2.41. The molecule has 1 atom stereocenters. The Morgan fingerprint density at radius 2 is 2.19 bits per heavy atom. The second-order valence-corrected chi connectivity index (χ2v) is 3.46. The quantitative estimate of drug-likeness (QED) is 0.330. The fourth-order valence-electron chi connectivity index (χ4n) is 1.01. The van der Waals surface area contributed by atoms with Gasteiger partial charge in [0.25, 0.3) is 0 Å². The third-order valence-electron chi connectivity index (χ3n) is 1.69. The average Bonchev–Trinajstić information content (AvgIpc) is 2.26. The summed E-state index contributed by atoms with van der Waals surface area (Å²) in [5, 5.41) is 8.59. The van der Waals surface area contributed by atoms with Crippen molar-refractivity contribution in [2.45, 2.75) is 4.90 Å². The number of methoxy groups -OCH3 is 1. The molecule has 0 spiro atoms. The van der Waals surface area contributed by atoms with Gasteiger partial charge in [-0.15, -0.1) is 0 Å². The topological polar surface area (TPSA) is 90.2 Å². The van der Waals surface area contributed by atoms with Crippen molar-refractivity contribution in [1.29, 1.82) is 5.26 Å². The SMILES string of the molecule is COC(=O)c1cc(C#N)ccc1S(=O)[O-].[Na+]. The number of hydrogen-bond donors (Lipinski definition) is 0. The van der Waals surface area contributed by atoms with Gasteiger partial charge in [-0.2, -0.15) is 5.26 Å². The molecule has 0 amide bonds. The van der Waals surface area contributed by atoms with Crippen LogP contribution in [0, 0.1) is 11.3 Å². The molecular formula is C9H6NNaO4S. The molecule has 0 radical (unpaired) electrons. The number of nitrogens with zero attached hydrogens (tertiary/aromatic N) is 1. The first-order valence-electron chi connectivity index (χ1n) is 3.82. The van der Waals surface area contributed by atoms with Gasteiger partial charge in [-0.25, -0.2) is 4.79 Å². The summed E-state index contributed by atoms with van der Waals surface area (Å²) in [6, 6.07) is 5.49. The Labute approximate surface area is 117 Å². The van der Waals surface area contributed by atoms with E-state index in [0.717, 1.165) is 7.11 Å². The summed E-state index contributed by atoms with van der Waals surface area (Å²) < 4.78 is 25.9. The molecular weight excluding hydrogens is 241 g/mol. The molecule has 1 aromatic carbocycles. The molecule has 0 fully saturated rings. The van der Waals surface area contributed by atoms with Gasteiger partial charge < -0.3 is 9.29 Å². The van der Waals surface area contributed by atoms with Crippen molar-refractivity contribution >= 4 is 17.0 Å². The van der Waals surface area contributed by atoms with Crippen LogP contribution in [0.5, 0.6) is 0 Å². The smallest absolute Gasteiger partial charge is 0.768 e. The van der Waals surface area contributed by atoms with E-state index in [2.05, 4.69) is 4.74 Å². The van der Waals surface area contributed by atoms with Crippen molar-refractivity contribution in [1.82, 2.24) is 0 Å². The summed E-state index contributed by atoms with van der Waals surface area (Å²) in [5.74, 6) is -0.786. The number of carbonyl (C=O) groups is 1. The van der Waals surface area contributed by atoms with Crippen molar-refractivity contribution in [2.24, 2.45) is 0 Å². The van der Waals surface area contributed by atoms with E-state index in [-0.39, 0.29) is 45.6 Å². The maximum absolute atomic E-state index is 11.2. The molecule has 5 nitrogen and oxygen atoms in total. The van der Waals surface area contributed by atoms with Gasteiger partial charge in [-0.05, 0) is 29.3 Å². The van der Waals surface area contributed by atoms with Gasteiger partial charge in [-0.3, -0.25) is 4.21 Å². The van der Waals surface area contributed by atoms with Gasteiger partial charge in [0.05, 0.1) is 24.3 Å². The van der Waals surface area contributed by atoms with Gasteiger partial charge in [0.1, 0.15) is 0 Å². The fourth-order valence-corrected chi connectivity index (χ4v) is 1.52. The number of nitriles is 1. The number of esters is 1. The average molecular weight is 247 g/mol. The number of rotatable bonds is 2. The van der Waals surface area contributed by atoms with E-state index in [9.17, 15) is 13.6 Å². The van der Waals surface area contributed by atoms with E-state index in [1.54, 1.807) is 6.07 Å². The second kappa shape index (κ2) is 6.78. The van der Waals surface area contributed by atoms with E-state index in [4.69, 9.17) is 5.26 Å². The molecule has 16 heavy (non-hydrogen) atoms. The Morgan fingerprint density at radius 1 is 1.56 bits per heavy atom. The number of benzene rings is 1. The van der Waals surface area contributed by atoms with Gasteiger partial charge in [0.15, 0.2) is 0 Å². The zero-order valence-electron chi connectivity index (χ0n) is 8.72. The van der Waals surface area contributed by atoms with Crippen molar-refractivity contribution < 1.29 is 47.9 Å². The Kier molecular flexibility index (Phi) is 6.48. The standard InChI is InChI=1S/C9H7NO4S.Na/c1-14-9(11)7-4-6(5-10)2-3-8(7)15(12)13;/h2-4H,1H3,(H,12,13);/q;+1/p-1. The van der Waals surface area contributed by atoms with Crippen LogP contribution in [0.1, 0.15) is 15.9 Å². The third-order valence-corrected chi connectivity index (χ3v) is 2.41. The third kappa shape index (κ3) is 3.40. The Hall–Kier alpha value is -0.710. The van der Waals surface area contributed by atoms with E-state index >= 15 is 0 Å². The summed E-state index contributed by atoms with van der Waals surface area (Å²) in [5.41, 5.74) is 0.0643. The van der Waals surface area contributed by atoms with Crippen LogP contribution < -0.4 is 29.6 Å². The summed E-state index contributed by atoms with van der Waals surface area (Å²) in [6.45, 7) is 0. The molecule has 0 aromatic heterocycles. The van der Waals surface area contributed by atoms with Crippen LogP contribution in [0.3, 0.4) is 0 Å². The maximum Gasteiger partial charge on any atom is 1.00 e. The molecule has 1 unspecified atom stereocenters. The Bertz CT molecular complexity index is 469. The zero-order valence-corrected chi connectivity index (χ0v) is 11.5. The second-order valence-electron chi connectivity index (χ2n) is 2.55. The Balaban J connectivity index is 0.00000225. The molecule has 0 aliphatic carbocycles. The van der Waals surface area contributed by atoms with E-state index < -0.39 is 17.0 Å². The first-order chi connectivity index (χ1) is 7.10. The van der Waals surface area contributed by atoms with Gasteiger partial charge in [-0.1, -0.05) is 0 Å². The molecule has 1 rings (SSSR count). The molecule has 0 aliphatic rings. The molecule has 0 saturated carbocycles. The molecule has 1 aromatic rings. The molecule has 0 bridgehead atoms.